The van der Waals surface area contributed by atoms with Crippen molar-refractivity contribution in [1.82, 2.24) is 10.2 Å². The fourth-order valence-electron chi connectivity index (χ4n) is 3.07. The molecule has 1 aliphatic heterocycles. The van der Waals surface area contributed by atoms with Crippen LogP contribution in [0.4, 0.5) is 0 Å². The highest BCUT2D eigenvalue weighted by Gasteiger charge is 2.29. The van der Waals surface area contributed by atoms with Crippen LogP contribution in [0.5, 0.6) is 0 Å². The number of likely N-dealkylation sites (tertiary alicyclic amines) is 1. The molecule has 1 saturated heterocycles. The number of nitrogens with one attached hydrogen (secondary N) is 1. The van der Waals surface area contributed by atoms with Gasteiger partial charge in [0.05, 0.1) is 5.75 Å². The molecule has 2 amide bonds. The van der Waals surface area contributed by atoms with Gasteiger partial charge in [-0.25, -0.2) is 8.42 Å². The molecule has 0 aromatic heterocycles. The Kier molecular flexibility index (Phi) is 6.81. The van der Waals surface area contributed by atoms with Gasteiger partial charge >= 0.3 is 0 Å². The first-order valence-electron chi connectivity index (χ1n) is 9.00. The molecular formula is C19H28N2O4S. The molecule has 7 heteroatoms. The summed E-state index contributed by atoms with van der Waals surface area (Å²) in [5, 5.41) is 2.75. The van der Waals surface area contributed by atoms with Crippen molar-refractivity contribution in [3.63, 3.8) is 0 Å². The zero-order valence-corrected chi connectivity index (χ0v) is 16.5. The summed E-state index contributed by atoms with van der Waals surface area (Å²) in [6.45, 7) is 5.34. The van der Waals surface area contributed by atoms with Crippen molar-refractivity contribution in [1.29, 1.82) is 0 Å². The second kappa shape index (κ2) is 8.66. The van der Waals surface area contributed by atoms with E-state index in [1.165, 1.54) is 0 Å². The summed E-state index contributed by atoms with van der Waals surface area (Å²) < 4.78 is 23.1. The smallest absolute Gasteiger partial charge is 0.251 e. The van der Waals surface area contributed by atoms with Crippen LogP contribution in [0.3, 0.4) is 0 Å². The van der Waals surface area contributed by atoms with Crippen molar-refractivity contribution < 1.29 is 18.0 Å². The average molecular weight is 381 g/mol. The Balaban J connectivity index is 2.12. The normalized spacial score (nSPS) is 17.0. The van der Waals surface area contributed by atoms with Crippen molar-refractivity contribution in [3.05, 3.63) is 35.4 Å². The van der Waals surface area contributed by atoms with Crippen LogP contribution in [0.2, 0.25) is 0 Å². The fourth-order valence-corrected chi connectivity index (χ4v) is 3.73. The number of carbonyl (C=O) groups excluding carboxylic acids is 2. The Hall–Kier alpha value is -1.89. The van der Waals surface area contributed by atoms with Crippen molar-refractivity contribution in [3.8, 4) is 0 Å². The van der Waals surface area contributed by atoms with Crippen LogP contribution in [-0.2, 0) is 14.6 Å². The third kappa shape index (κ3) is 6.12. The third-order valence-corrected chi connectivity index (χ3v) is 5.73. The van der Waals surface area contributed by atoms with E-state index in [1.54, 1.807) is 23.1 Å². The van der Waals surface area contributed by atoms with Gasteiger partial charge in [0.25, 0.3) is 5.91 Å². The van der Waals surface area contributed by atoms with Crippen LogP contribution >= 0.6 is 0 Å². The second-order valence-electron chi connectivity index (χ2n) is 7.32. The van der Waals surface area contributed by atoms with E-state index in [-0.39, 0.29) is 24.0 Å². The number of nitrogens with zero attached hydrogens (tertiary/aromatic N) is 1. The lowest BCUT2D eigenvalue weighted by Crippen LogP contribution is -2.51. The van der Waals surface area contributed by atoms with Crippen molar-refractivity contribution in [2.75, 3.05) is 25.1 Å². The van der Waals surface area contributed by atoms with E-state index in [9.17, 15) is 18.0 Å². The highest BCUT2D eigenvalue weighted by molar-refractivity contribution is 7.90. The second-order valence-corrected chi connectivity index (χ2v) is 9.58. The van der Waals surface area contributed by atoms with Gasteiger partial charge in [0.2, 0.25) is 5.91 Å². The minimum atomic E-state index is -3.22. The van der Waals surface area contributed by atoms with Gasteiger partial charge in [0.15, 0.2) is 0 Å². The van der Waals surface area contributed by atoms with Crippen molar-refractivity contribution >= 4 is 21.7 Å². The topological polar surface area (TPSA) is 83.5 Å². The van der Waals surface area contributed by atoms with Gasteiger partial charge in [-0.05, 0) is 44.2 Å². The number of carbonyl (C=O) groups is 2. The Morgan fingerprint density at radius 1 is 1.27 bits per heavy atom. The summed E-state index contributed by atoms with van der Waals surface area (Å²) in [5.41, 5.74) is 1.41. The minimum Gasteiger partial charge on any atom is -0.341 e. The van der Waals surface area contributed by atoms with E-state index in [2.05, 4.69) is 12.2 Å². The number of amides is 2. The molecule has 6 nitrogen and oxygen atoms in total. The van der Waals surface area contributed by atoms with Crippen LogP contribution in [0.15, 0.2) is 24.3 Å². The molecule has 144 valence electrons. The Morgan fingerprint density at radius 3 is 2.50 bits per heavy atom. The predicted octanol–water partition coefficient (Wildman–Crippen LogP) is 1.79. The molecule has 1 unspecified atom stereocenters. The van der Waals surface area contributed by atoms with Gasteiger partial charge in [-0.3, -0.25) is 9.59 Å². The minimum absolute atomic E-state index is 0.0846. The third-order valence-electron chi connectivity index (χ3n) is 4.76. The van der Waals surface area contributed by atoms with Crippen LogP contribution in [0.1, 0.15) is 42.1 Å². The number of sulfone groups is 1. The molecule has 0 spiro atoms. The summed E-state index contributed by atoms with van der Waals surface area (Å²) in [5.74, 6) is -0.107. The highest BCUT2D eigenvalue weighted by Crippen LogP contribution is 2.17. The first-order chi connectivity index (χ1) is 12.2. The maximum absolute atomic E-state index is 12.9. The van der Waals surface area contributed by atoms with E-state index >= 15 is 0 Å². The molecule has 1 aromatic rings. The van der Waals surface area contributed by atoms with Gasteiger partial charge in [0.1, 0.15) is 15.9 Å². The molecule has 0 bridgehead atoms. The van der Waals surface area contributed by atoms with Crippen molar-refractivity contribution in [2.24, 2.45) is 5.92 Å². The van der Waals surface area contributed by atoms with E-state index in [4.69, 9.17) is 0 Å². The molecule has 0 radical (unpaired) electrons. The molecule has 0 saturated carbocycles. The van der Waals surface area contributed by atoms with Gasteiger partial charge < -0.3 is 10.2 Å². The highest BCUT2D eigenvalue weighted by atomic mass is 32.2. The zero-order valence-electron chi connectivity index (χ0n) is 15.7. The van der Waals surface area contributed by atoms with Gasteiger partial charge in [-0.15, -0.1) is 0 Å². The number of aryl methyl sites for hydroxylation is 1. The van der Waals surface area contributed by atoms with Gasteiger partial charge in [-0.2, -0.15) is 0 Å². The molecule has 1 heterocycles. The molecule has 0 aliphatic carbocycles. The number of piperidine rings is 1. The number of benzene rings is 1. The Bertz CT molecular complexity index is 753. The lowest BCUT2D eigenvalue weighted by Gasteiger charge is -2.33. The van der Waals surface area contributed by atoms with E-state index < -0.39 is 15.9 Å². The molecule has 26 heavy (non-hydrogen) atoms. The number of hydrogen-bond acceptors (Lipinski definition) is 4. The summed E-state index contributed by atoms with van der Waals surface area (Å²) in [6, 6.07) is 6.27. The fraction of sp³-hybridized carbons (Fsp3) is 0.579. The largest absolute Gasteiger partial charge is 0.341 e. The van der Waals surface area contributed by atoms with E-state index in [0.29, 0.717) is 24.6 Å². The van der Waals surface area contributed by atoms with Crippen LogP contribution in [-0.4, -0.2) is 56.3 Å². The molecule has 1 aliphatic rings. The lowest BCUT2D eigenvalue weighted by molar-refractivity contribution is -0.134. The zero-order chi connectivity index (χ0) is 19.3. The van der Waals surface area contributed by atoms with Crippen LogP contribution in [0.25, 0.3) is 0 Å². The molecule has 1 atom stereocenters. The van der Waals surface area contributed by atoms with Crippen molar-refractivity contribution in [2.45, 2.75) is 39.2 Å². The maximum Gasteiger partial charge on any atom is 0.251 e. The van der Waals surface area contributed by atoms with E-state index in [1.807, 2.05) is 13.0 Å². The van der Waals surface area contributed by atoms with Gasteiger partial charge in [0, 0.05) is 24.9 Å². The average Bonchev–Trinajstić information content (AvgIpc) is 2.57. The monoisotopic (exact) mass is 380 g/mol. The summed E-state index contributed by atoms with van der Waals surface area (Å²) in [6.07, 6.45) is 3.08. The number of hydrogen-bond donors (Lipinski definition) is 1. The Morgan fingerprint density at radius 2 is 1.92 bits per heavy atom. The Labute approximate surface area is 155 Å². The maximum atomic E-state index is 12.9. The summed E-state index contributed by atoms with van der Waals surface area (Å²) in [4.78, 5) is 27.2. The quantitative estimate of drug-likeness (QED) is 0.815. The summed E-state index contributed by atoms with van der Waals surface area (Å²) >= 11 is 0. The SMILES string of the molecule is Cc1cccc(C(=O)NC(CCS(C)(=O)=O)C(=O)N2CCC(C)CC2)c1. The van der Waals surface area contributed by atoms with Crippen LogP contribution < -0.4 is 5.32 Å². The number of rotatable bonds is 6. The van der Waals surface area contributed by atoms with Gasteiger partial charge in [-0.1, -0.05) is 24.6 Å². The standard InChI is InChI=1S/C19H28N2O4S/c1-14-7-10-21(11-8-14)19(23)17(9-12-26(3,24)25)20-18(22)16-6-4-5-15(2)13-16/h4-6,13-14,17H,7-12H2,1-3H3,(H,20,22). The molecule has 1 N–H and O–H groups in total. The van der Waals surface area contributed by atoms with Crippen LogP contribution in [0, 0.1) is 12.8 Å². The molecule has 1 fully saturated rings. The lowest BCUT2D eigenvalue weighted by atomic mass is 9.98. The first-order valence-corrected chi connectivity index (χ1v) is 11.1. The van der Waals surface area contributed by atoms with E-state index in [0.717, 1.165) is 24.7 Å². The molecule has 1 aromatic carbocycles. The summed E-state index contributed by atoms with van der Waals surface area (Å²) in [7, 11) is -3.22. The molecular weight excluding hydrogens is 352 g/mol. The predicted molar refractivity (Wildman–Crippen MR) is 102 cm³/mol. The first kappa shape index (κ1) is 20.4. The molecule has 2 rings (SSSR count).